The summed E-state index contributed by atoms with van der Waals surface area (Å²) in [6.07, 6.45) is 4.11. The van der Waals surface area contributed by atoms with Crippen molar-refractivity contribution in [3.05, 3.63) is 52.2 Å². The average Bonchev–Trinajstić information content (AvgIpc) is 3.30. The van der Waals surface area contributed by atoms with E-state index >= 15 is 0 Å². The maximum absolute atomic E-state index is 15.0. The van der Waals surface area contributed by atoms with E-state index in [9.17, 15) is 22.4 Å². The predicted octanol–water partition coefficient (Wildman–Crippen LogP) is 2.36. The molecular weight excluding hydrogens is 479 g/mol. The summed E-state index contributed by atoms with van der Waals surface area (Å²) in [4.78, 5) is 30.8. The zero-order valence-electron chi connectivity index (χ0n) is 19.7. The van der Waals surface area contributed by atoms with E-state index in [1.807, 2.05) is 0 Å². The van der Waals surface area contributed by atoms with Crippen LogP contribution in [-0.2, 0) is 37.2 Å². The predicted molar refractivity (Wildman–Crippen MR) is 126 cm³/mol. The van der Waals surface area contributed by atoms with Crippen LogP contribution in [0.3, 0.4) is 0 Å². The molecule has 3 heterocycles. The zero-order chi connectivity index (χ0) is 25.2. The third-order valence-corrected chi connectivity index (χ3v) is 8.65. The molecule has 11 heteroatoms. The summed E-state index contributed by atoms with van der Waals surface area (Å²) in [6, 6.07) is 6.41. The normalized spacial score (nSPS) is 19.5. The molecule has 2 aliphatic rings. The number of carbonyl (C=O) groups excluding carboxylic acids is 1. The molecule has 0 spiro atoms. The number of fused-ring (bicyclic) bond motifs is 1. The quantitative estimate of drug-likeness (QED) is 0.545. The number of carbonyl (C=O) groups is 1. The Hall–Kier alpha value is -2.76. The van der Waals surface area contributed by atoms with Crippen molar-refractivity contribution < 1.29 is 31.9 Å². The fraction of sp³-hybridized carbons (Fsp3) is 0.500. The number of ether oxygens (including phenoxy) is 2. The minimum absolute atomic E-state index is 0.144. The Balaban J connectivity index is 1.50. The van der Waals surface area contributed by atoms with E-state index in [0.29, 0.717) is 31.6 Å². The summed E-state index contributed by atoms with van der Waals surface area (Å²) in [5, 5.41) is 0. The number of nitrogens with zero attached hydrogens (tertiary/aromatic N) is 1. The molecule has 0 saturated carbocycles. The zero-order valence-corrected chi connectivity index (χ0v) is 20.5. The van der Waals surface area contributed by atoms with Gasteiger partial charge in [-0.25, -0.2) is 23.1 Å². The number of rotatable bonds is 8. The SMILES string of the molecule is C[C@@](CCn1cc(F)c(-c2ccc3c(c2)CCO3)cc1=O)(C(=O)NOC1CCCCO1)S(C)(=O)=O. The van der Waals surface area contributed by atoms with Gasteiger partial charge in [0.2, 0.25) is 0 Å². The summed E-state index contributed by atoms with van der Waals surface area (Å²) < 4.78 is 50.1. The molecule has 2 aromatic rings. The number of hydroxylamine groups is 1. The number of pyridine rings is 1. The number of halogens is 1. The summed E-state index contributed by atoms with van der Waals surface area (Å²) in [6.45, 7) is 2.12. The van der Waals surface area contributed by atoms with Gasteiger partial charge in [-0.15, -0.1) is 0 Å². The van der Waals surface area contributed by atoms with Crippen molar-refractivity contribution in [3.8, 4) is 16.9 Å². The van der Waals surface area contributed by atoms with Crippen LogP contribution in [0.1, 0.15) is 38.2 Å². The monoisotopic (exact) mass is 508 g/mol. The van der Waals surface area contributed by atoms with E-state index in [2.05, 4.69) is 5.48 Å². The topological polar surface area (TPSA) is 113 Å². The van der Waals surface area contributed by atoms with Crippen molar-refractivity contribution >= 4 is 15.7 Å². The fourth-order valence-electron chi connectivity index (χ4n) is 4.13. The van der Waals surface area contributed by atoms with Gasteiger partial charge in [0.15, 0.2) is 20.9 Å². The van der Waals surface area contributed by atoms with Gasteiger partial charge in [0.1, 0.15) is 11.6 Å². The molecule has 1 aromatic heterocycles. The Bertz CT molecular complexity index is 1270. The van der Waals surface area contributed by atoms with Crippen LogP contribution >= 0.6 is 0 Å². The molecule has 1 saturated heterocycles. The Morgan fingerprint density at radius 1 is 1.29 bits per heavy atom. The van der Waals surface area contributed by atoms with Gasteiger partial charge in [-0.3, -0.25) is 9.59 Å². The maximum Gasteiger partial charge on any atom is 0.264 e. The highest BCUT2D eigenvalue weighted by atomic mass is 32.2. The lowest BCUT2D eigenvalue weighted by Gasteiger charge is -2.28. The van der Waals surface area contributed by atoms with Crippen molar-refractivity contribution in [2.45, 2.75) is 56.6 Å². The second kappa shape index (κ2) is 10.1. The molecule has 0 radical (unpaired) electrons. The molecular formula is C24H29FN2O7S. The molecule has 190 valence electrons. The summed E-state index contributed by atoms with van der Waals surface area (Å²) in [7, 11) is -3.92. The fourth-order valence-corrected chi connectivity index (χ4v) is 4.97. The minimum atomic E-state index is -3.92. The largest absolute Gasteiger partial charge is 0.493 e. The van der Waals surface area contributed by atoms with E-state index in [4.69, 9.17) is 14.3 Å². The van der Waals surface area contributed by atoms with Gasteiger partial charge in [0, 0.05) is 50.1 Å². The first-order chi connectivity index (χ1) is 16.6. The van der Waals surface area contributed by atoms with Gasteiger partial charge in [-0.2, -0.15) is 0 Å². The van der Waals surface area contributed by atoms with Crippen LogP contribution in [0, 0.1) is 5.82 Å². The Labute approximate surface area is 203 Å². The summed E-state index contributed by atoms with van der Waals surface area (Å²) in [5.41, 5.74) is 3.33. The van der Waals surface area contributed by atoms with Crippen molar-refractivity contribution in [1.29, 1.82) is 0 Å². The van der Waals surface area contributed by atoms with E-state index in [1.165, 1.54) is 13.0 Å². The first-order valence-electron chi connectivity index (χ1n) is 11.5. The van der Waals surface area contributed by atoms with E-state index in [0.717, 1.165) is 41.2 Å². The van der Waals surface area contributed by atoms with E-state index in [1.54, 1.807) is 18.2 Å². The molecule has 1 amide bonds. The number of hydrogen-bond acceptors (Lipinski definition) is 7. The molecule has 9 nitrogen and oxygen atoms in total. The van der Waals surface area contributed by atoms with Gasteiger partial charge < -0.3 is 14.0 Å². The summed E-state index contributed by atoms with van der Waals surface area (Å²) in [5.74, 6) is -0.758. The Morgan fingerprint density at radius 3 is 2.80 bits per heavy atom. The number of amides is 1. The van der Waals surface area contributed by atoms with Gasteiger partial charge >= 0.3 is 0 Å². The average molecular weight is 509 g/mol. The van der Waals surface area contributed by atoms with Gasteiger partial charge in [0.05, 0.1) is 6.61 Å². The standard InChI is InChI=1S/C24H29FN2O7S/c1-24(35(2,30)31,23(29)26-34-22-5-3-4-11-33-22)9-10-27-15-19(25)18(14-21(27)28)16-6-7-20-17(13-16)8-12-32-20/h6-7,13-15,22H,3-5,8-12H2,1-2H3,(H,26,29)/t22?,24-/m1/s1. The lowest BCUT2D eigenvalue weighted by Crippen LogP contribution is -2.51. The first-order valence-corrected chi connectivity index (χ1v) is 13.4. The van der Waals surface area contributed by atoms with E-state index in [-0.39, 0.29) is 18.5 Å². The number of sulfone groups is 1. The number of nitrogens with one attached hydrogen (secondary N) is 1. The molecule has 1 N–H and O–H groups in total. The third kappa shape index (κ3) is 5.41. The number of aromatic nitrogens is 1. The molecule has 4 rings (SSSR count). The molecule has 0 bridgehead atoms. The van der Waals surface area contributed by atoms with Crippen LogP contribution in [0.5, 0.6) is 5.75 Å². The lowest BCUT2D eigenvalue weighted by molar-refractivity contribution is -0.201. The second-order valence-corrected chi connectivity index (χ2v) is 11.5. The lowest BCUT2D eigenvalue weighted by atomic mass is 10.0. The highest BCUT2D eigenvalue weighted by molar-refractivity contribution is 7.92. The molecule has 2 atom stereocenters. The molecule has 0 aliphatic carbocycles. The van der Waals surface area contributed by atoms with Crippen LogP contribution < -0.4 is 15.8 Å². The molecule has 1 unspecified atom stereocenters. The van der Waals surface area contributed by atoms with Crippen LogP contribution in [-0.4, -0.2) is 49.4 Å². The summed E-state index contributed by atoms with van der Waals surface area (Å²) >= 11 is 0. The molecule has 2 aliphatic heterocycles. The molecule has 35 heavy (non-hydrogen) atoms. The minimum Gasteiger partial charge on any atom is -0.493 e. The number of benzene rings is 1. The smallest absolute Gasteiger partial charge is 0.264 e. The second-order valence-electron chi connectivity index (χ2n) is 9.09. The van der Waals surface area contributed by atoms with Crippen LogP contribution in [0.25, 0.3) is 11.1 Å². The Kier molecular flexibility index (Phi) is 7.30. The molecule has 1 aromatic carbocycles. The molecule has 1 fully saturated rings. The van der Waals surface area contributed by atoms with Crippen LogP contribution in [0.4, 0.5) is 4.39 Å². The number of hydrogen-bond donors (Lipinski definition) is 1. The van der Waals surface area contributed by atoms with Crippen molar-refractivity contribution in [2.24, 2.45) is 0 Å². The highest BCUT2D eigenvalue weighted by Gasteiger charge is 2.44. The van der Waals surface area contributed by atoms with Crippen molar-refractivity contribution in [1.82, 2.24) is 10.0 Å². The van der Waals surface area contributed by atoms with Crippen molar-refractivity contribution in [2.75, 3.05) is 19.5 Å². The van der Waals surface area contributed by atoms with Gasteiger partial charge in [-0.1, -0.05) is 6.07 Å². The van der Waals surface area contributed by atoms with Gasteiger partial charge in [-0.05, 0) is 49.4 Å². The highest BCUT2D eigenvalue weighted by Crippen LogP contribution is 2.31. The first kappa shape index (κ1) is 25.3. The van der Waals surface area contributed by atoms with Gasteiger partial charge in [0.25, 0.3) is 11.5 Å². The maximum atomic E-state index is 15.0. The van der Waals surface area contributed by atoms with E-state index < -0.39 is 38.2 Å². The van der Waals surface area contributed by atoms with Crippen molar-refractivity contribution in [3.63, 3.8) is 0 Å². The van der Waals surface area contributed by atoms with Crippen LogP contribution in [0.2, 0.25) is 0 Å². The van der Waals surface area contributed by atoms with Crippen LogP contribution in [0.15, 0.2) is 35.3 Å². The Morgan fingerprint density at radius 2 is 2.09 bits per heavy atom. The number of aryl methyl sites for hydroxylation is 1. The third-order valence-electron chi connectivity index (χ3n) is 6.63.